The van der Waals surface area contributed by atoms with Crippen molar-refractivity contribution in [1.29, 1.82) is 0 Å². The van der Waals surface area contributed by atoms with E-state index >= 15 is 0 Å². The largest absolute Gasteiger partial charge is 0.459 e. The van der Waals surface area contributed by atoms with Crippen LogP contribution in [0.15, 0.2) is 24.3 Å². The smallest absolute Gasteiger partial charge is 0.333 e. The molecule has 0 aromatic heterocycles. The summed E-state index contributed by atoms with van der Waals surface area (Å²) in [6.07, 6.45) is 6.25. The second kappa shape index (κ2) is 6.04. The van der Waals surface area contributed by atoms with Crippen LogP contribution in [0.25, 0.3) is 0 Å². The highest BCUT2D eigenvalue weighted by Gasteiger charge is 2.27. The van der Waals surface area contributed by atoms with Crippen LogP contribution in [0.5, 0.6) is 0 Å². The lowest BCUT2D eigenvalue weighted by Crippen LogP contribution is -2.08. The predicted molar refractivity (Wildman–Crippen MR) is 70.4 cm³/mol. The van der Waals surface area contributed by atoms with Gasteiger partial charge in [0.1, 0.15) is 12.2 Å². The van der Waals surface area contributed by atoms with Crippen LogP contribution in [0.4, 0.5) is 0 Å². The van der Waals surface area contributed by atoms with E-state index in [1.165, 1.54) is 0 Å². The Balaban J connectivity index is 1.53. The van der Waals surface area contributed by atoms with E-state index in [2.05, 4.69) is 13.2 Å². The lowest BCUT2D eigenvalue weighted by atomic mass is 10.0. The normalized spacial score (nSPS) is 26.7. The monoisotopic (exact) mass is 264 g/mol. The highest BCUT2D eigenvalue weighted by molar-refractivity contribution is 5.90. The molecule has 0 aliphatic carbocycles. The summed E-state index contributed by atoms with van der Waals surface area (Å²) in [7, 11) is 0. The molecule has 0 bridgehead atoms. The molecule has 0 spiro atoms. The van der Waals surface area contributed by atoms with Crippen molar-refractivity contribution in [2.24, 2.45) is 0 Å². The molecule has 104 valence electrons. The Kier molecular flexibility index (Phi) is 4.40. The quantitative estimate of drug-likeness (QED) is 0.420. The molecule has 4 nitrogen and oxygen atoms in total. The molecule has 0 saturated carbocycles. The summed E-state index contributed by atoms with van der Waals surface area (Å²) in [6.45, 7) is 7.33. The maximum atomic E-state index is 11.1. The number of hydrogen-bond acceptors (Lipinski definition) is 4. The zero-order valence-corrected chi connectivity index (χ0v) is 11.2. The number of hydrogen-bond donors (Lipinski definition) is 0. The van der Waals surface area contributed by atoms with Gasteiger partial charge in [0.05, 0.1) is 0 Å². The Morgan fingerprint density at radius 2 is 1.26 bits per heavy atom. The van der Waals surface area contributed by atoms with Crippen LogP contribution in [0.2, 0.25) is 0 Å². The number of carbonyl (C=O) groups excluding carboxylic acids is 2. The minimum Gasteiger partial charge on any atom is -0.459 e. The van der Waals surface area contributed by atoms with Crippen LogP contribution in [-0.2, 0) is 19.1 Å². The van der Waals surface area contributed by atoms with Crippen LogP contribution < -0.4 is 0 Å². The molecule has 0 N–H and O–H groups in total. The van der Waals surface area contributed by atoms with Crippen molar-refractivity contribution >= 4 is 11.9 Å². The van der Waals surface area contributed by atoms with Gasteiger partial charge in [-0.1, -0.05) is 19.6 Å². The second-order valence-electron chi connectivity index (χ2n) is 5.31. The van der Waals surface area contributed by atoms with E-state index in [0.717, 1.165) is 32.1 Å². The van der Waals surface area contributed by atoms with Crippen molar-refractivity contribution in [3.05, 3.63) is 24.3 Å². The average Bonchev–Trinajstić information content (AvgIpc) is 2.83. The minimum atomic E-state index is -0.249. The fourth-order valence-corrected chi connectivity index (χ4v) is 2.51. The lowest BCUT2D eigenvalue weighted by molar-refractivity contribution is -0.139. The van der Waals surface area contributed by atoms with Gasteiger partial charge < -0.3 is 9.47 Å². The number of unbranched alkanes of at least 4 members (excludes halogenated alkanes) is 2. The van der Waals surface area contributed by atoms with E-state index < -0.39 is 0 Å². The first-order valence-corrected chi connectivity index (χ1v) is 6.84. The average molecular weight is 264 g/mol. The van der Waals surface area contributed by atoms with Crippen molar-refractivity contribution in [3.63, 3.8) is 0 Å². The Morgan fingerprint density at radius 1 is 0.842 bits per heavy atom. The molecule has 2 fully saturated rings. The third kappa shape index (κ3) is 3.69. The lowest BCUT2D eigenvalue weighted by Gasteiger charge is -2.10. The molecule has 2 rings (SSSR count). The molecule has 0 amide bonds. The number of esters is 2. The van der Waals surface area contributed by atoms with Crippen LogP contribution in [0, 0.1) is 0 Å². The second-order valence-corrected chi connectivity index (χ2v) is 5.31. The maximum absolute atomic E-state index is 11.1. The van der Waals surface area contributed by atoms with Crippen molar-refractivity contribution in [2.75, 3.05) is 0 Å². The summed E-state index contributed by atoms with van der Waals surface area (Å²) in [5.41, 5.74) is 1.17. The summed E-state index contributed by atoms with van der Waals surface area (Å²) in [4.78, 5) is 22.3. The van der Waals surface area contributed by atoms with E-state index in [-0.39, 0.29) is 24.1 Å². The Labute approximate surface area is 113 Å². The number of cyclic esters (lactones) is 2. The minimum absolute atomic E-state index is 0.0177. The van der Waals surface area contributed by atoms with Crippen molar-refractivity contribution in [2.45, 2.75) is 57.2 Å². The molecule has 4 heteroatoms. The van der Waals surface area contributed by atoms with Crippen molar-refractivity contribution < 1.29 is 19.1 Å². The van der Waals surface area contributed by atoms with Crippen LogP contribution in [-0.4, -0.2) is 24.1 Å². The Bertz CT molecular complexity index is 340. The third-order valence-electron chi connectivity index (χ3n) is 3.63. The summed E-state index contributed by atoms with van der Waals surface area (Å²) in [5, 5.41) is 0. The summed E-state index contributed by atoms with van der Waals surface area (Å²) in [5.74, 6) is -0.497. The van der Waals surface area contributed by atoms with Crippen LogP contribution >= 0.6 is 0 Å². The molecule has 2 aliphatic heterocycles. The molecule has 0 radical (unpaired) electrons. The molecule has 2 aliphatic rings. The maximum Gasteiger partial charge on any atom is 0.333 e. The zero-order chi connectivity index (χ0) is 13.8. The molecule has 2 atom stereocenters. The molecule has 0 aromatic rings. The standard InChI is InChI=1S/C15H20O4/c1-10-8-12(18-14(10)16)6-4-3-5-7-13-9-11(2)15(17)19-13/h12-13H,1-9H2/t12-,13+. The first-order chi connectivity index (χ1) is 9.06. The third-order valence-corrected chi connectivity index (χ3v) is 3.63. The number of carbonyl (C=O) groups is 2. The summed E-state index contributed by atoms with van der Waals surface area (Å²) in [6, 6.07) is 0. The number of rotatable bonds is 6. The van der Waals surface area contributed by atoms with E-state index in [1.54, 1.807) is 0 Å². The van der Waals surface area contributed by atoms with E-state index in [1.807, 2.05) is 0 Å². The van der Waals surface area contributed by atoms with Gasteiger partial charge in [0, 0.05) is 24.0 Å². The van der Waals surface area contributed by atoms with Gasteiger partial charge in [-0.25, -0.2) is 9.59 Å². The van der Waals surface area contributed by atoms with E-state index in [9.17, 15) is 9.59 Å². The summed E-state index contributed by atoms with van der Waals surface area (Å²) < 4.78 is 10.3. The highest BCUT2D eigenvalue weighted by Crippen LogP contribution is 2.25. The van der Waals surface area contributed by atoms with Gasteiger partial charge in [0.25, 0.3) is 0 Å². The number of ether oxygens (including phenoxy) is 2. The molecular weight excluding hydrogens is 244 g/mol. The Hall–Kier alpha value is -1.58. The van der Waals surface area contributed by atoms with Gasteiger partial charge in [-0.05, 0) is 25.7 Å². The van der Waals surface area contributed by atoms with E-state index in [0.29, 0.717) is 24.0 Å². The van der Waals surface area contributed by atoms with Crippen molar-refractivity contribution in [3.8, 4) is 0 Å². The topological polar surface area (TPSA) is 52.6 Å². The SMILES string of the molecule is C=C1C[C@@H](CCCCC[C@H]2CC(=C)C(=O)O2)OC1=O. The predicted octanol–water partition coefficient (Wildman–Crippen LogP) is 2.68. The molecule has 2 heterocycles. The van der Waals surface area contributed by atoms with Gasteiger partial charge in [-0.15, -0.1) is 0 Å². The van der Waals surface area contributed by atoms with Gasteiger partial charge in [-0.3, -0.25) is 0 Å². The molecule has 19 heavy (non-hydrogen) atoms. The van der Waals surface area contributed by atoms with Gasteiger partial charge >= 0.3 is 11.9 Å². The van der Waals surface area contributed by atoms with Gasteiger partial charge in [0.2, 0.25) is 0 Å². The Morgan fingerprint density at radius 3 is 1.58 bits per heavy atom. The fraction of sp³-hybridized carbons (Fsp3) is 0.600. The van der Waals surface area contributed by atoms with Crippen LogP contribution in [0.1, 0.15) is 44.9 Å². The molecule has 0 unspecified atom stereocenters. The first kappa shape index (κ1) is 13.8. The van der Waals surface area contributed by atoms with Gasteiger partial charge in [-0.2, -0.15) is 0 Å². The molecule has 0 aromatic carbocycles. The first-order valence-electron chi connectivity index (χ1n) is 6.84. The molecule has 2 saturated heterocycles. The zero-order valence-electron chi connectivity index (χ0n) is 11.2. The van der Waals surface area contributed by atoms with Crippen LogP contribution in [0.3, 0.4) is 0 Å². The van der Waals surface area contributed by atoms with E-state index in [4.69, 9.17) is 9.47 Å². The van der Waals surface area contributed by atoms with Gasteiger partial charge in [0.15, 0.2) is 0 Å². The molecular formula is C15H20O4. The fourth-order valence-electron chi connectivity index (χ4n) is 2.51. The highest BCUT2D eigenvalue weighted by atomic mass is 16.6. The van der Waals surface area contributed by atoms with Crippen molar-refractivity contribution in [1.82, 2.24) is 0 Å². The summed E-state index contributed by atoms with van der Waals surface area (Å²) >= 11 is 0.